The van der Waals surface area contributed by atoms with E-state index in [0.717, 1.165) is 24.6 Å². The molecule has 2 aliphatic heterocycles. The minimum atomic E-state index is -0.0707. The van der Waals surface area contributed by atoms with Gasteiger partial charge in [-0.3, -0.25) is 9.20 Å². The van der Waals surface area contributed by atoms with Crippen molar-refractivity contribution >= 4 is 23.2 Å². The summed E-state index contributed by atoms with van der Waals surface area (Å²) in [6, 6.07) is 11.9. The van der Waals surface area contributed by atoms with Gasteiger partial charge in [-0.15, -0.1) is 10.2 Å². The molecule has 2 saturated heterocycles. The van der Waals surface area contributed by atoms with Crippen LogP contribution in [0.15, 0.2) is 42.6 Å². The Balaban J connectivity index is 1.08. The first-order valence-corrected chi connectivity index (χ1v) is 12.9. The lowest BCUT2D eigenvalue weighted by atomic mass is 10.00. The Labute approximate surface area is 206 Å². The third-order valence-corrected chi connectivity index (χ3v) is 7.39. The molecule has 0 saturated carbocycles. The molecule has 2 aliphatic rings. The minimum absolute atomic E-state index is 0.0707. The van der Waals surface area contributed by atoms with Gasteiger partial charge in [0.15, 0.2) is 11.5 Å². The zero-order chi connectivity index (χ0) is 23.3. The first-order chi connectivity index (χ1) is 16.7. The highest BCUT2D eigenvalue weighted by molar-refractivity contribution is 6.30. The summed E-state index contributed by atoms with van der Waals surface area (Å²) in [5.74, 6) is 0.632. The molecule has 0 spiro atoms. The standard InChI is InChI=1S/C26H33ClN6O/c27-22-7-4-6-20(18-22)25-30-29-24-19-21(8-17-33(24)25)26(34)28-11-5-12-31-15-9-23(10-16-31)32-13-2-1-3-14-32/h4,6-8,17-19,23H,1-3,5,9-16H2,(H,28,34). The van der Waals surface area contributed by atoms with Crippen LogP contribution in [-0.4, -0.2) is 75.6 Å². The van der Waals surface area contributed by atoms with E-state index in [1.54, 1.807) is 6.07 Å². The number of halogens is 1. The fourth-order valence-corrected chi connectivity index (χ4v) is 5.45. The first-order valence-electron chi connectivity index (χ1n) is 12.5. The Morgan fingerprint density at radius 1 is 1.03 bits per heavy atom. The van der Waals surface area contributed by atoms with Crippen LogP contribution in [-0.2, 0) is 0 Å². The van der Waals surface area contributed by atoms with E-state index >= 15 is 0 Å². The molecule has 0 unspecified atom stereocenters. The molecule has 0 radical (unpaired) electrons. The highest BCUT2D eigenvalue weighted by atomic mass is 35.5. The number of pyridine rings is 1. The van der Waals surface area contributed by atoms with Crippen molar-refractivity contribution in [3.8, 4) is 11.4 Å². The van der Waals surface area contributed by atoms with Crippen molar-refractivity contribution in [2.45, 2.75) is 44.6 Å². The fraction of sp³-hybridized carbons (Fsp3) is 0.500. The number of hydrogen-bond donors (Lipinski definition) is 1. The van der Waals surface area contributed by atoms with Gasteiger partial charge in [0.1, 0.15) is 0 Å². The summed E-state index contributed by atoms with van der Waals surface area (Å²) in [5, 5.41) is 12.2. The van der Waals surface area contributed by atoms with Crippen LogP contribution in [0.1, 0.15) is 48.9 Å². The molecule has 180 valence electrons. The smallest absolute Gasteiger partial charge is 0.251 e. The lowest BCUT2D eigenvalue weighted by Gasteiger charge is -2.40. The molecule has 0 aliphatic carbocycles. The molecule has 34 heavy (non-hydrogen) atoms. The van der Waals surface area contributed by atoms with Crippen molar-refractivity contribution in [2.75, 3.05) is 39.3 Å². The quantitative estimate of drug-likeness (QED) is 0.515. The number of piperidine rings is 2. The average Bonchev–Trinajstić information content (AvgIpc) is 3.31. The Bertz CT molecular complexity index is 1120. The van der Waals surface area contributed by atoms with Crippen molar-refractivity contribution in [3.63, 3.8) is 0 Å². The summed E-state index contributed by atoms with van der Waals surface area (Å²) >= 11 is 6.11. The van der Waals surface area contributed by atoms with Crippen LogP contribution in [0.5, 0.6) is 0 Å². The van der Waals surface area contributed by atoms with Crippen LogP contribution < -0.4 is 5.32 Å². The van der Waals surface area contributed by atoms with Crippen LogP contribution >= 0.6 is 11.6 Å². The predicted octanol–water partition coefficient (Wildman–Crippen LogP) is 4.12. The number of carbonyl (C=O) groups is 1. The summed E-state index contributed by atoms with van der Waals surface area (Å²) in [6.45, 7) is 6.65. The topological polar surface area (TPSA) is 65.8 Å². The van der Waals surface area contributed by atoms with Crippen LogP contribution in [0.2, 0.25) is 5.02 Å². The maximum atomic E-state index is 12.7. The molecule has 2 fully saturated rings. The van der Waals surface area contributed by atoms with Crippen molar-refractivity contribution in [3.05, 3.63) is 53.2 Å². The van der Waals surface area contributed by atoms with E-state index in [9.17, 15) is 4.79 Å². The zero-order valence-corrected chi connectivity index (χ0v) is 20.4. The van der Waals surface area contributed by atoms with Crippen molar-refractivity contribution in [1.29, 1.82) is 0 Å². The van der Waals surface area contributed by atoms with Crippen molar-refractivity contribution in [2.24, 2.45) is 0 Å². The fourth-order valence-electron chi connectivity index (χ4n) is 5.25. The van der Waals surface area contributed by atoms with E-state index in [1.165, 1.54) is 58.3 Å². The van der Waals surface area contributed by atoms with Gasteiger partial charge in [-0.2, -0.15) is 0 Å². The molecule has 1 amide bonds. The van der Waals surface area contributed by atoms with Gasteiger partial charge in [0.2, 0.25) is 0 Å². The molecule has 1 N–H and O–H groups in total. The van der Waals surface area contributed by atoms with Gasteiger partial charge in [0, 0.05) is 34.9 Å². The Kier molecular flexibility index (Phi) is 7.42. The molecule has 5 rings (SSSR count). The number of amides is 1. The molecule has 2 aromatic heterocycles. The van der Waals surface area contributed by atoms with Crippen LogP contribution in [0, 0.1) is 0 Å². The molecule has 0 bridgehead atoms. The monoisotopic (exact) mass is 480 g/mol. The number of carbonyl (C=O) groups excluding carboxylic acids is 1. The molecule has 3 aromatic rings. The van der Waals surface area contributed by atoms with Gasteiger partial charge in [-0.1, -0.05) is 30.2 Å². The van der Waals surface area contributed by atoms with Crippen molar-refractivity contribution in [1.82, 2.24) is 29.7 Å². The minimum Gasteiger partial charge on any atom is -0.352 e. The second kappa shape index (κ2) is 10.8. The SMILES string of the molecule is O=C(NCCCN1CCC(N2CCCCC2)CC1)c1ccn2c(-c3cccc(Cl)c3)nnc2c1. The zero-order valence-electron chi connectivity index (χ0n) is 19.6. The molecule has 1 aromatic carbocycles. The number of rotatable bonds is 7. The van der Waals surface area contributed by atoms with Gasteiger partial charge < -0.3 is 15.1 Å². The molecule has 7 nitrogen and oxygen atoms in total. The molecular weight excluding hydrogens is 448 g/mol. The Morgan fingerprint density at radius 2 is 1.85 bits per heavy atom. The normalized spacial score (nSPS) is 18.4. The number of fused-ring (bicyclic) bond motifs is 1. The van der Waals surface area contributed by atoms with E-state index in [2.05, 4.69) is 25.3 Å². The second-order valence-corrected chi connectivity index (χ2v) is 9.89. The number of nitrogens with zero attached hydrogens (tertiary/aromatic N) is 5. The Hall–Kier alpha value is -2.48. The maximum Gasteiger partial charge on any atom is 0.251 e. The third-order valence-electron chi connectivity index (χ3n) is 7.16. The van der Waals surface area contributed by atoms with Gasteiger partial charge in [-0.05, 0) is 89.1 Å². The predicted molar refractivity (Wildman–Crippen MR) is 135 cm³/mol. The maximum absolute atomic E-state index is 12.7. The summed E-state index contributed by atoms with van der Waals surface area (Å²) in [4.78, 5) is 17.9. The highest BCUT2D eigenvalue weighted by Gasteiger charge is 2.25. The Morgan fingerprint density at radius 3 is 2.65 bits per heavy atom. The summed E-state index contributed by atoms with van der Waals surface area (Å²) in [7, 11) is 0. The lowest BCUT2D eigenvalue weighted by molar-refractivity contribution is 0.0903. The number of nitrogens with one attached hydrogen (secondary N) is 1. The van der Waals surface area contributed by atoms with Gasteiger partial charge in [-0.25, -0.2) is 0 Å². The van der Waals surface area contributed by atoms with E-state index < -0.39 is 0 Å². The third kappa shape index (κ3) is 5.43. The first kappa shape index (κ1) is 23.3. The number of aromatic nitrogens is 3. The molecule has 4 heterocycles. The van der Waals surface area contributed by atoms with E-state index in [4.69, 9.17) is 11.6 Å². The number of benzene rings is 1. The lowest BCUT2D eigenvalue weighted by Crippen LogP contribution is -2.47. The summed E-state index contributed by atoms with van der Waals surface area (Å²) in [5.41, 5.74) is 2.12. The van der Waals surface area contributed by atoms with Crippen molar-refractivity contribution < 1.29 is 4.79 Å². The van der Waals surface area contributed by atoms with Gasteiger partial charge >= 0.3 is 0 Å². The summed E-state index contributed by atoms with van der Waals surface area (Å²) < 4.78 is 1.87. The second-order valence-electron chi connectivity index (χ2n) is 9.46. The average molecular weight is 481 g/mol. The number of hydrogen-bond acceptors (Lipinski definition) is 5. The van der Waals surface area contributed by atoms with Crippen LogP contribution in [0.4, 0.5) is 0 Å². The van der Waals surface area contributed by atoms with Crippen LogP contribution in [0.3, 0.4) is 0 Å². The molecule has 8 heteroatoms. The van der Waals surface area contributed by atoms with E-state index in [0.29, 0.717) is 28.6 Å². The largest absolute Gasteiger partial charge is 0.352 e. The molecular formula is C26H33ClN6O. The van der Waals surface area contributed by atoms with E-state index in [-0.39, 0.29) is 5.91 Å². The van der Waals surface area contributed by atoms with Gasteiger partial charge in [0.05, 0.1) is 0 Å². The molecule has 0 atom stereocenters. The van der Waals surface area contributed by atoms with Gasteiger partial charge in [0.25, 0.3) is 5.91 Å². The number of likely N-dealkylation sites (tertiary alicyclic amines) is 2. The summed E-state index contributed by atoms with van der Waals surface area (Å²) in [6.07, 6.45) is 9.50. The van der Waals surface area contributed by atoms with E-state index in [1.807, 2.05) is 40.9 Å². The highest BCUT2D eigenvalue weighted by Crippen LogP contribution is 2.23. The van der Waals surface area contributed by atoms with Crippen LogP contribution in [0.25, 0.3) is 17.0 Å².